The second kappa shape index (κ2) is 4.62. The third kappa shape index (κ3) is 2.43. The Hall–Kier alpha value is -1.22. The van der Waals surface area contributed by atoms with Crippen LogP contribution in [0, 0.1) is 0 Å². The van der Waals surface area contributed by atoms with Crippen molar-refractivity contribution in [3.63, 3.8) is 0 Å². The number of rotatable bonds is 4. The molecule has 0 spiro atoms. The van der Waals surface area contributed by atoms with Gasteiger partial charge >= 0.3 is 0 Å². The van der Waals surface area contributed by atoms with Crippen molar-refractivity contribution in [3.8, 4) is 0 Å². The number of pyridine rings is 1. The van der Waals surface area contributed by atoms with Gasteiger partial charge in [-0.1, -0.05) is 6.07 Å². The summed E-state index contributed by atoms with van der Waals surface area (Å²) in [6.07, 6.45) is 2.14. The van der Waals surface area contributed by atoms with Crippen LogP contribution in [0.4, 0.5) is 0 Å². The average molecular weight is 164 g/mol. The third-order valence-corrected chi connectivity index (χ3v) is 1.55. The monoisotopic (exact) mass is 164 g/mol. The molecule has 1 rings (SSSR count). The Bertz CT molecular complexity index is 246. The number of carbonyl (C=O) groups excluding carboxylic acids is 1. The van der Waals surface area contributed by atoms with Gasteiger partial charge in [-0.25, -0.2) is 0 Å². The highest BCUT2D eigenvalue weighted by Crippen LogP contribution is 1.97. The van der Waals surface area contributed by atoms with Gasteiger partial charge in [0.25, 0.3) is 0 Å². The highest BCUT2D eigenvalue weighted by molar-refractivity contribution is 5.94. The number of nitrogens with zero attached hydrogens (tertiary/aromatic N) is 1. The number of hydrogen-bond donors (Lipinski definition) is 1. The topological polar surface area (TPSA) is 42.0 Å². The van der Waals surface area contributed by atoms with Crippen molar-refractivity contribution in [2.75, 3.05) is 13.6 Å². The molecule has 0 saturated carbocycles. The molecule has 0 aliphatic heterocycles. The summed E-state index contributed by atoms with van der Waals surface area (Å²) < 4.78 is 0. The van der Waals surface area contributed by atoms with Crippen LogP contribution in [0.2, 0.25) is 0 Å². The second-order valence-corrected chi connectivity index (χ2v) is 2.49. The van der Waals surface area contributed by atoms with E-state index in [0.717, 1.165) is 0 Å². The molecule has 0 aliphatic rings. The normalized spacial score (nSPS) is 9.75. The van der Waals surface area contributed by atoms with Gasteiger partial charge in [-0.2, -0.15) is 0 Å². The SMILES string of the molecule is CNCCC(=O)c1ccccn1. The summed E-state index contributed by atoms with van der Waals surface area (Å²) in [7, 11) is 1.83. The Morgan fingerprint density at radius 2 is 2.42 bits per heavy atom. The minimum atomic E-state index is 0.0879. The van der Waals surface area contributed by atoms with Crippen molar-refractivity contribution < 1.29 is 4.79 Å². The number of ketones is 1. The molecular formula is C9H12N2O. The predicted molar refractivity (Wildman–Crippen MR) is 47.1 cm³/mol. The molecule has 12 heavy (non-hydrogen) atoms. The van der Waals surface area contributed by atoms with Gasteiger partial charge in [-0.15, -0.1) is 0 Å². The summed E-state index contributed by atoms with van der Waals surface area (Å²) in [4.78, 5) is 15.3. The lowest BCUT2D eigenvalue weighted by atomic mass is 10.2. The Kier molecular flexibility index (Phi) is 3.41. The lowest BCUT2D eigenvalue weighted by molar-refractivity contribution is 0.0978. The molecule has 1 heterocycles. The first-order valence-electron chi connectivity index (χ1n) is 3.93. The van der Waals surface area contributed by atoms with E-state index in [4.69, 9.17) is 0 Å². The van der Waals surface area contributed by atoms with Crippen LogP contribution in [-0.2, 0) is 0 Å². The molecule has 0 aromatic carbocycles. The van der Waals surface area contributed by atoms with E-state index >= 15 is 0 Å². The Labute approximate surface area is 71.8 Å². The van der Waals surface area contributed by atoms with Gasteiger partial charge in [-0.05, 0) is 19.2 Å². The minimum Gasteiger partial charge on any atom is -0.319 e. The zero-order chi connectivity index (χ0) is 8.81. The molecule has 0 amide bonds. The summed E-state index contributed by atoms with van der Waals surface area (Å²) in [6, 6.07) is 5.35. The highest BCUT2D eigenvalue weighted by atomic mass is 16.1. The summed E-state index contributed by atoms with van der Waals surface area (Å²) in [6.45, 7) is 0.704. The van der Waals surface area contributed by atoms with E-state index in [1.54, 1.807) is 18.3 Å². The van der Waals surface area contributed by atoms with E-state index in [2.05, 4.69) is 10.3 Å². The number of hydrogen-bond acceptors (Lipinski definition) is 3. The Balaban J connectivity index is 2.54. The van der Waals surface area contributed by atoms with Crippen LogP contribution in [0.3, 0.4) is 0 Å². The van der Waals surface area contributed by atoms with Crippen LogP contribution in [0.25, 0.3) is 0 Å². The average Bonchev–Trinajstić information content (AvgIpc) is 2.15. The lowest BCUT2D eigenvalue weighted by Crippen LogP contribution is -2.13. The summed E-state index contributed by atoms with van der Waals surface area (Å²) in [5, 5.41) is 2.92. The van der Waals surface area contributed by atoms with Crippen LogP contribution < -0.4 is 5.32 Å². The molecule has 0 unspecified atom stereocenters. The molecule has 64 valence electrons. The van der Waals surface area contributed by atoms with E-state index in [0.29, 0.717) is 18.7 Å². The molecule has 1 N–H and O–H groups in total. The maximum atomic E-state index is 11.3. The first-order valence-corrected chi connectivity index (χ1v) is 3.93. The summed E-state index contributed by atoms with van der Waals surface area (Å²) >= 11 is 0. The maximum absolute atomic E-state index is 11.3. The number of Topliss-reactive ketones (excluding diaryl/α,β-unsaturated/α-hetero) is 1. The van der Waals surface area contributed by atoms with Gasteiger partial charge in [0.15, 0.2) is 5.78 Å². The van der Waals surface area contributed by atoms with Gasteiger partial charge in [0.1, 0.15) is 5.69 Å². The quantitative estimate of drug-likeness (QED) is 0.671. The van der Waals surface area contributed by atoms with Crippen molar-refractivity contribution in [3.05, 3.63) is 30.1 Å². The van der Waals surface area contributed by atoms with Gasteiger partial charge in [0, 0.05) is 19.2 Å². The molecule has 0 saturated heterocycles. The molecule has 0 bridgehead atoms. The zero-order valence-corrected chi connectivity index (χ0v) is 7.08. The first kappa shape index (κ1) is 8.87. The van der Waals surface area contributed by atoms with Crippen molar-refractivity contribution in [2.24, 2.45) is 0 Å². The standard InChI is InChI=1S/C9H12N2O/c1-10-7-5-9(12)8-4-2-3-6-11-8/h2-4,6,10H,5,7H2,1H3. The first-order chi connectivity index (χ1) is 5.84. The molecule has 3 nitrogen and oxygen atoms in total. The molecule has 1 aromatic rings. The Morgan fingerprint density at radius 1 is 1.58 bits per heavy atom. The van der Waals surface area contributed by atoms with E-state index in [1.807, 2.05) is 13.1 Å². The number of aromatic nitrogens is 1. The molecular weight excluding hydrogens is 152 g/mol. The van der Waals surface area contributed by atoms with E-state index in [1.165, 1.54) is 0 Å². The zero-order valence-electron chi connectivity index (χ0n) is 7.08. The van der Waals surface area contributed by atoms with Crippen molar-refractivity contribution in [2.45, 2.75) is 6.42 Å². The molecule has 0 radical (unpaired) electrons. The minimum absolute atomic E-state index is 0.0879. The fourth-order valence-corrected chi connectivity index (χ4v) is 0.894. The smallest absolute Gasteiger partial charge is 0.182 e. The summed E-state index contributed by atoms with van der Waals surface area (Å²) in [5.41, 5.74) is 0.549. The largest absolute Gasteiger partial charge is 0.319 e. The second-order valence-electron chi connectivity index (χ2n) is 2.49. The van der Waals surface area contributed by atoms with Crippen LogP contribution in [0.15, 0.2) is 24.4 Å². The van der Waals surface area contributed by atoms with Gasteiger partial charge in [0.05, 0.1) is 0 Å². The van der Waals surface area contributed by atoms with Gasteiger partial charge < -0.3 is 5.32 Å². The van der Waals surface area contributed by atoms with Gasteiger partial charge in [0.2, 0.25) is 0 Å². The summed E-state index contributed by atoms with van der Waals surface area (Å²) in [5.74, 6) is 0.0879. The highest BCUT2D eigenvalue weighted by Gasteiger charge is 2.03. The molecule has 0 fully saturated rings. The van der Waals surface area contributed by atoms with E-state index in [9.17, 15) is 4.79 Å². The number of carbonyl (C=O) groups is 1. The third-order valence-electron chi connectivity index (χ3n) is 1.55. The lowest BCUT2D eigenvalue weighted by Gasteiger charge is -1.97. The van der Waals surface area contributed by atoms with Crippen LogP contribution in [0.1, 0.15) is 16.9 Å². The Morgan fingerprint density at radius 3 is 3.00 bits per heavy atom. The molecule has 0 aliphatic carbocycles. The van der Waals surface area contributed by atoms with Gasteiger partial charge in [-0.3, -0.25) is 9.78 Å². The van der Waals surface area contributed by atoms with Crippen molar-refractivity contribution in [1.29, 1.82) is 0 Å². The van der Waals surface area contributed by atoms with E-state index < -0.39 is 0 Å². The molecule has 0 atom stereocenters. The number of nitrogens with one attached hydrogen (secondary N) is 1. The van der Waals surface area contributed by atoms with Crippen LogP contribution in [-0.4, -0.2) is 24.4 Å². The van der Waals surface area contributed by atoms with Crippen LogP contribution >= 0.6 is 0 Å². The molecule has 3 heteroatoms. The van der Waals surface area contributed by atoms with Crippen LogP contribution in [0.5, 0.6) is 0 Å². The fourth-order valence-electron chi connectivity index (χ4n) is 0.894. The molecule has 1 aromatic heterocycles. The predicted octanol–water partition coefficient (Wildman–Crippen LogP) is 0.874. The van der Waals surface area contributed by atoms with Crippen molar-refractivity contribution in [1.82, 2.24) is 10.3 Å². The fraction of sp³-hybridized carbons (Fsp3) is 0.333. The maximum Gasteiger partial charge on any atom is 0.182 e. The van der Waals surface area contributed by atoms with Crippen molar-refractivity contribution >= 4 is 5.78 Å². The van der Waals surface area contributed by atoms with E-state index in [-0.39, 0.29) is 5.78 Å².